The molecule has 1 heterocycles. The average Bonchev–Trinajstić information content (AvgIpc) is 2.77. The molecular formula is C12H13ClFN3. The van der Waals surface area contributed by atoms with E-state index in [9.17, 15) is 4.39 Å². The maximum Gasteiger partial charge on any atom is 0.125 e. The van der Waals surface area contributed by atoms with Gasteiger partial charge in [0.05, 0.1) is 22.9 Å². The molecule has 17 heavy (non-hydrogen) atoms. The molecule has 0 saturated carbocycles. The van der Waals surface area contributed by atoms with Crippen molar-refractivity contribution in [2.45, 2.75) is 20.0 Å². The van der Waals surface area contributed by atoms with Crippen LogP contribution in [-0.4, -0.2) is 9.78 Å². The Morgan fingerprint density at radius 1 is 1.41 bits per heavy atom. The summed E-state index contributed by atoms with van der Waals surface area (Å²) in [4.78, 5) is 0. The van der Waals surface area contributed by atoms with Gasteiger partial charge in [0.15, 0.2) is 0 Å². The van der Waals surface area contributed by atoms with Crippen LogP contribution in [0, 0.1) is 5.82 Å². The number of anilines is 1. The van der Waals surface area contributed by atoms with Gasteiger partial charge in [0, 0.05) is 12.7 Å². The van der Waals surface area contributed by atoms with Crippen molar-refractivity contribution in [2.24, 2.45) is 0 Å². The van der Waals surface area contributed by atoms with E-state index in [-0.39, 0.29) is 5.82 Å². The molecule has 0 aliphatic carbocycles. The largest absolute Gasteiger partial charge is 0.378 e. The molecule has 2 rings (SSSR count). The fraction of sp³-hybridized carbons (Fsp3) is 0.250. The zero-order valence-corrected chi connectivity index (χ0v) is 10.2. The smallest absolute Gasteiger partial charge is 0.125 e. The fourth-order valence-electron chi connectivity index (χ4n) is 1.61. The summed E-state index contributed by atoms with van der Waals surface area (Å²) >= 11 is 5.96. The zero-order chi connectivity index (χ0) is 12.3. The van der Waals surface area contributed by atoms with E-state index >= 15 is 0 Å². The molecule has 90 valence electrons. The van der Waals surface area contributed by atoms with Gasteiger partial charge in [-0.3, -0.25) is 4.68 Å². The number of aromatic nitrogens is 2. The Hall–Kier alpha value is -1.55. The summed E-state index contributed by atoms with van der Waals surface area (Å²) < 4.78 is 14.9. The highest BCUT2D eigenvalue weighted by molar-refractivity contribution is 6.33. The second-order valence-electron chi connectivity index (χ2n) is 3.62. The number of benzene rings is 1. The Balaban J connectivity index is 2.09. The van der Waals surface area contributed by atoms with Gasteiger partial charge in [-0.05, 0) is 31.2 Å². The van der Waals surface area contributed by atoms with Crippen LogP contribution < -0.4 is 5.32 Å². The van der Waals surface area contributed by atoms with Crippen molar-refractivity contribution < 1.29 is 4.39 Å². The van der Waals surface area contributed by atoms with Crippen LogP contribution in [0.5, 0.6) is 0 Å². The molecule has 0 aliphatic heterocycles. The molecule has 0 aliphatic rings. The predicted molar refractivity (Wildman–Crippen MR) is 66.6 cm³/mol. The summed E-state index contributed by atoms with van der Waals surface area (Å²) in [6.07, 6.45) is 1.74. The number of nitrogens with one attached hydrogen (secondary N) is 1. The topological polar surface area (TPSA) is 29.9 Å². The maximum absolute atomic E-state index is 13.0. The third-order valence-electron chi connectivity index (χ3n) is 2.49. The van der Waals surface area contributed by atoms with E-state index in [1.54, 1.807) is 6.20 Å². The summed E-state index contributed by atoms with van der Waals surface area (Å²) in [6.45, 7) is 3.39. The fourth-order valence-corrected chi connectivity index (χ4v) is 1.80. The highest BCUT2D eigenvalue weighted by Gasteiger charge is 2.04. The summed E-state index contributed by atoms with van der Waals surface area (Å²) in [6, 6.07) is 6.18. The highest BCUT2D eigenvalue weighted by Crippen LogP contribution is 2.22. The number of rotatable bonds is 4. The SMILES string of the molecule is CCn1nccc1CNc1cc(F)ccc1Cl. The van der Waals surface area contributed by atoms with Gasteiger partial charge in [-0.25, -0.2) is 4.39 Å². The van der Waals surface area contributed by atoms with Gasteiger partial charge in [-0.1, -0.05) is 11.6 Å². The minimum absolute atomic E-state index is 0.305. The molecule has 1 aromatic carbocycles. The van der Waals surface area contributed by atoms with Crippen LogP contribution in [0.4, 0.5) is 10.1 Å². The van der Waals surface area contributed by atoms with E-state index in [2.05, 4.69) is 10.4 Å². The summed E-state index contributed by atoms with van der Waals surface area (Å²) in [7, 11) is 0. The highest BCUT2D eigenvalue weighted by atomic mass is 35.5. The van der Waals surface area contributed by atoms with Crippen LogP contribution >= 0.6 is 11.6 Å². The van der Waals surface area contributed by atoms with Gasteiger partial charge < -0.3 is 5.32 Å². The van der Waals surface area contributed by atoms with Gasteiger partial charge in [-0.15, -0.1) is 0 Å². The Labute approximate surface area is 104 Å². The third-order valence-corrected chi connectivity index (χ3v) is 2.82. The lowest BCUT2D eigenvalue weighted by Crippen LogP contribution is -2.08. The first-order chi connectivity index (χ1) is 8.20. The molecule has 0 unspecified atom stereocenters. The summed E-state index contributed by atoms with van der Waals surface area (Å²) in [5, 5.41) is 7.76. The summed E-state index contributed by atoms with van der Waals surface area (Å²) in [5.74, 6) is -0.305. The molecule has 1 aromatic heterocycles. The summed E-state index contributed by atoms with van der Waals surface area (Å²) in [5.41, 5.74) is 1.63. The normalized spacial score (nSPS) is 10.5. The zero-order valence-electron chi connectivity index (χ0n) is 9.45. The van der Waals surface area contributed by atoms with Crippen molar-refractivity contribution in [1.29, 1.82) is 0 Å². The molecule has 0 fully saturated rings. The van der Waals surface area contributed by atoms with Crippen molar-refractivity contribution in [3.05, 3.63) is 47.0 Å². The van der Waals surface area contributed by atoms with Gasteiger partial charge in [-0.2, -0.15) is 5.10 Å². The van der Waals surface area contributed by atoms with Crippen molar-refractivity contribution >= 4 is 17.3 Å². The van der Waals surface area contributed by atoms with Gasteiger partial charge >= 0.3 is 0 Å². The van der Waals surface area contributed by atoms with E-state index in [0.29, 0.717) is 17.3 Å². The van der Waals surface area contributed by atoms with E-state index in [1.165, 1.54) is 18.2 Å². The molecule has 0 spiro atoms. The quantitative estimate of drug-likeness (QED) is 0.906. The molecule has 3 nitrogen and oxygen atoms in total. The Kier molecular flexibility index (Phi) is 3.64. The molecule has 0 radical (unpaired) electrons. The average molecular weight is 254 g/mol. The minimum Gasteiger partial charge on any atom is -0.378 e. The van der Waals surface area contributed by atoms with E-state index in [4.69, 9.17) is 11.6 Å². The Morgan fingerprint density at radius 2 is 2.24 bits per heavy atom. The van der Waals surface area contributed by atoms with E-state index < -0.39 is 0 Å². The Morgan fingerprint density at radius 3 is 3.00 bits per heavy atom. The van der Waals surface area contributed by atoms with Crippen LogP contribution in [0.25, 0.3) is 0 Å². The van der Waals surface area contributed by atoms with Gasteiger partial charge in [0.2, 0.25) is 0 Å². The molecule has 1 N–H and O–H groups in total. The lowest BCUT2D eigenvalue weighted by molar-refractivity contribution is 0.624. The second kappa shape index (κ2) is 5.19. The number of nitrogens with zero attached hydrogens (tertiary/aromatic N) is 2. The molecule has 0 bridgehead atoms. The molecule has 2 aromatic rings. The first kappa shape index (κ1) is 11.9. The predicted octanol–water partition coefficient (Wildman–Crippen LogP) is 3.31. The maximum atomic E-state index is 13.0. The first-order valence-corrected chi connectivity index (χ1v) is 5.78. The van der Waals surface area contributed by atoms with Crippen LogP contribution in [0.1, 0.15) is 12.6 Å². The van der Waals surface area contributed by atoms with Crippen molar-refractivity contribution in [3.8, 4) is 0 Å². The van der Waals surface area contributed by atoms with Gasteiger partial charge in [0.25, 0.3) is 0 Å². The van der Waals surface area contributed by atoms with E-state index in [1.807, 2.05) is 17.7 Å². The Bertz CT molecular complexity index is 510. The minimum atomic E-state index is -0.305. The van der Waals surface area contributed by atoms with Crippen molar-refractivity contribution in [1.82, 2.24) is 9.78 Å². The molecule has 0 atom stereocenters. The first-order valence-electron chi connectivity index (χ1n) is 5.40. The van der Waals surface area contributed by atoms with Crippen LogP contribution in [0.15, 0.2) is 30.5 Å². The molecular weight excluding hydrogens is 241 g/mol. The van der Waals surface area contributed by atoms with Crippen molar-refractivity contribution in [3.63, 3.8) is 0 Å². The van der Waals surface area contributed by atoms with Crippen molar-refractivity contribution in [2.75, 3.05) is 5.32 Å². The standard InChI is InChI=1S/C12H13ClFN3/c1-2-17-10(5-6-16-17)8-15-12-7-9(14)3-4-11(12)13/h3-7,15H,2,8H2,1H3. The van der Waals surface area contributed by atoms with Crippen LogP contribution in [-0.2, 0) is 13.1 Å². The lowest BCUT2D eigenvalue weighted by Gasteiger charge is -2.09. The van der Waals surface area contributed by atoms with Gasteiger partial charge in [0.1, 0.15) is 5.82 Å². The number of aryl methyl sites for hydroxylation is 1. The number of hydrogen-bond donors (Lipinski definition) is 1. The third kappa shape index (κ3) is 2.77. The monoisotopic (exact) mass is 253 g/mol. The number of hydrogen-bond acceptors (Lipinski definition) is 2. The number of halogens is 2. The molecule has 0 saturated heterocycles. The second-order valence-corrected chi connectivity index (χ2v) is 4.02. The van der Waals surface area contributed by atoms with E-state index in [0.717, 1.165) is 12.2 Å². The molecule has 5 heteroatoms. The van der Waals surface area contributed by atoms with Crippen LogP contribution in [0.3, 0.4) is 0 Å². The van der Waals surface area contributed by atoms with Crippen LogP contribution in [0.2, 0.25) is 5.02 Å². The lowest BCUT2D eigenvalue weighted by atomic mass is 10.3. The molecule has 0 amide bonds.